The summed E-state index contributed by atoms with van der Waals surface area (Å²) in [5.74, 6) is 5.38. The topological polar surface area (TPSA) is 58.4 Å². The number of nitrogens with one attached hydrogen (secondary N) is 1. The monoisotopic (exact) mass is 269 g/mol. The minimum absolute atomic E-state index is 0.0404. The number of amides is 1. The molecule has 5 heteroatoms. The Morgan fingerprint density at radius 2 is 2.17 bits per heavy atom. The second-order valence-electron chi connectivity index (χ2n) is 4.07. The van der Waals surface area contributed by atoms with Crippen molar-refractivity contribution in [2.75, 3.05) is 18.5 Å². The number of nitrogen functional groups attached to an aromatic ring is 1. The molecular formula is C13H20ClN3O. The molecule has 0 atom stereocenters. The molecule has 0 aromatic heterocycles. The summed E-state index contributed by atoms with van der Waals surface area (Å²) >= 11 is 5.93. The molecule has 0 fully saturated rings. The second kappa shape index (κ2) is 7.24. The highest BCUT2D eigenvalue weighted by Gasteiger charge is 2.17. The smallest absolute Gasteiger partial charge is 0.256 e. The molecule has 0 saturated carbocycles. The Balaban J connectivity index is 2.96. The fraction of sp³-hybridized carbons (Fsp3) is 0.462. The number of benzene rings is 1. The lowest BCUT2D eigenvalue weighted by molar-refractivity contribution is 0.0763. The number of hydrogen-bond acceptors (Lipinski definition) is 3. The number of carbonyl (C=O) groups is 1. The van der Waals surface area contributed by atoms with Crippen molar-refractivity contribution in [1.29, 1.82) is 0 Å². The van der Waals surface area contributed by atoms with E-state index in [2.05, 4.69) is 12.3 Å². The minimum Gasteiger partial charge on any atom is -0.339 e. The van der Waals surface area contributed by atoms with Gasteiger partial charge in [-0.15, -0.1) is 0 Å². The molecule has 4 nitrogen and oxygen atoms in total. The molecule has 1 aromatic carbocycles. The first-order valence-electron chi connectivity index (χ1n) is 6.19. The molecule has 18 heavy (non-hydrogen) atoms. The van der Waals surface area contributed by atoms with E-state index in [1.54, 1.807) is 23.1 Å². The molecule has 3 N–H and O–H groups in total. The quantitative estimate of drug-likeness (QED) is 0.617. The molecule has 0 saturated heterocycles. The van der Waals surface area contributed by atoms with Crippen molar-refractivity contribution in [3.63, 3.8) is 0 Å². The van der Waals surface area contributed by atoms with Gasteiger partial charge in [0.2, 0.25) is 0 Å². The fourth-order valence-corrected chi connectivity index (χ4v) is 1.91. The summed E-state index contributed by atoms with van der Waals surface area (Å²) in [5, 5.41) is 0.531. The van der Waals surface area contributed by atoms with Gasteiger partial charge in [-0.05, 0) is 31.5 Å². The van der Waals surface area contributed by atoms with Crippen LogP contribution in [0.2, 0.25) is 5.02 Å². The van der Waals surface area contributed by atoms with Crippen LogP contribution in [0.3, 0.4) is 0 Å². The maximum Gasteiger partial charge on any atom is 0.256 e. The molecule has 1 rings (SSSR count). The second-order valence-corrected chi connectivity index (χ2v) is 4.51. The van der Waals surface area contributed by atoms with Crippen LogP contribution in [0, 0.1) is 0 Å². The summed E-state index contributed by atoms with van der Waals surface area (Å²) in [5.41, 5.74) is 3.65. The molecule has 0 aliphatic carbocycles. The van der Waals surface area contributed by atoms with E-state index >= 15 is 0 Å². The number of halogens is 1. The third-order valence-corrected chi connectivity index (χ3v) is 3.05. The summed E-state index contributed by atoms with van der Waals surface area (Å²) in [6.45, 7) is 5.50. The summed E-state index contributed by atoms with van der Waals surface area (Å²) < 4.78 is 0. The minimum atomic E-state index is -0.0404. The molecule has 1 amide bonds. The van der Waals surface area contributed by atoms with Gasteiger partial charge in [-0.2, -0.15) is 0 Å². The third kappa shape index (κ3) is 3.62. The van der Waals surface area contributed by atoms with Crippen LogP contribution in [0.25, 0.3) is 0 Å². The zero-order chi connectivity index (χ0) is 13.5. The molecule has 100 valence electrons. The SMILES string of the molecule is CCCCN(CC)C(=O)c1cc(Cl)ccc1NN. The number of nitrogens with zero attached hydrogens (tertiary/aromatic N) is 1. The number of hydrogen-bond donors (Lipinski definition) is 2. The summed E-state index contributed by atoms with van der Waals surface area (Å²) in [6, 6.07) is 5.06. The number of anilines is 1. The lowest BCUT2D eigenvalue weighted by Gasteiger charge is -2.22. The van der Waals surface area contributed by atoms with Crippen LogP contribution < -0.4 is 11.3 Å². The lowest BCUT2D eigenvalue weighted by atomic mass is 10.1. The van der Waals surface area contributed by atoms with Gasteiger partial charge in [0, 0.05) is 18.1 Å². The van der Waals surface area contributed by atoms with Crippen LogP contribution in [0.5, 0.6) is 0 Å². The van der Waals surface area contributed by atoms with Gasteiger partial charge in [0.25, 0.3) is 5.91 Å². The van der Waals surface area contributed by atoms with Gasteiger partial charge in [0.05, 0.1) is 11.3 Å². The van der Waals surface area contributed by atoms with Crippen molar-refractivity contribution in [2.24, 2.45) is 5.84 Å². The number of nitrogens with two attached hydrogens (primary N) is 1. The van der Waals surface area contributed by atoms with Crippen LogP contribution in [-0.2, 0) is 0 Å². The van der Waals surface area contributed by atoms with Crippen molar-refractivity contribution < 1.29 is 4.79 Å². The van der Waals surface area contributed by atoms with E-state index in [0.717, 1.165) is 19.4 Å². The van der Waals surface area contributed by atoms with Gasteiger partial charge in [-0.25, -0.2) is 0 Å². The van der Waals surface area contributed by atoms with E-state index in [-0.39, 0.29) is 5.91 Å². The summed E-state index contributed by atoms with van der Waals surface area (Å²) in [6.07, 6.45) is 2.05. The summed E-state index contributed by atoms with van der Waals surface area (Å²) in [7, 11) is 0. The van der Waals surface area contributed by atoms with E-state index in [9.17, 15) is 4.79 Å². The third-order valence-electron chi connectivity index (χ3n) is 2.82. The maximum absolute atomic E-state index is 12.4. The molecule has 0 aliphatic heterocycles. The van der Waals surface area contributed by atoms with Crippen molar-refractivity contribution in [2.45, 2.75) is 26.7 Å². The maximum atomic E-state index is 12.4. The number of carbonyl (C=O) groups excluding carboxylic acids is 1. The first-order valence-corrected chi connectivity index (χ1v) is 6.57. The fourth-order valence-electron chi connectivity index (χ4n) is 1.74. The highest BCUT2D eigenvalue weighted by atomic mass is 35.5. The molecular weight excluding hydrogens is 250 g/mol. The van der Waals surface area contributed by atoms with Gasteiger partial charge in [-0.1, -0.05) is 24.9 Å². The molecule has 0 unspecified atom stereocenters. The average molecular weight is 270 g/mol. The van der Waals surface area contributed by atoms with Crippen molar-refractivity contribution in [3.8, 4) is 0 Å². The highest BCUT2D eigenvalue weighted by Crippen LogP contribution is 2.21. The van der Waals surface area contributed by atoms with Crippen molar-refractivity contribution >= 4 is 23.2 Å². The van der Waals surface area contributed by atoms with Gasteiger partial charge < -0.3 is 10.3 Å². The molecule has 0 radical (unpaired) electrons. The van der Waals surface area contributed by atoms with Gasteiger partial charge in [-0.3, -0.25) is 10.6 Å². The van der Waals surface area contributed by atoms with Crippen LogP contribution in [-0.4, -0.2) is 23.9 Å². The van der Waals surface area contributed by atoms with E-state index in [1.165, 1.54) is 0 Å². The molecule has 0 aliphatic rings. The van der Waals surface area contributed by atoms with Crippen LogP contribution >= 0.6 is 11.6 Å². The zero-order valence-corrected chi connectivity index (χ0v) is 11.6. The van der Waals surface area contributed by atoms with Crippen molar-refractivity contribution in [1.82, 2.24) is 4.90 Å². The molecule has 1 aromatic rings. The normalized spacial score (nSPS) is 10.2. The Labute approximate surface area is 113 Å². The van der Waals surface area contributed by atoms with E-state index < -0.39 is 0 Å². The average Bonchev–Trinajstić information content (AvgIpc) is 2.39. The Morgan fingerprint density at radius 3 is 2.72 bits per heavy atom. The highest BCUT2D eigenvalue weighted by molar-refractivity contribution is 6.31. The lowest BCUT2D eigenvalue weighted by Crippen LogP contribution is -2.32. The predicted octanol–water partition coefficient (Wildman–Crippen LogP) is 2.89. The van der Waals surface area contributed by atoms with E-state index in [0.29, 0.717) is 22.8 Å². The Morgan fingerprint density at radius 1 is 1.44 bits per heavy atom. The van der Waals surface area contributed by atoms with Crippen LogP contribution in [0.1, 0.15) is 37.0 Å². The van der Waals surface area contributed by atoms with Gasteiger partial charge >= 0.3 is 0 Å². The van der Waals surface area contributed by atoms with Gasteiger partial charge in [0.15, 0.2) is 0 Å². The number of unbranched alkanes of at least 4 members (excludes halogenated alkanes) is 1. The largest absolute Gasteiger partial charge is 0.339 e. The Kier molecular flexibility index (Phi) is 5.95. The van der Waals surface area contributed by atoms with E-state index in [1.807, 2.05) is 6.92 Å². The van der Waals surface area contributed by atoms with Crippen molar-refractivity contribution in [3.05, 3.63) is 28.8 Å². The number of rotatable bonds is 6. The zero-order valence-electron chi connectivity index (χ0n) is 10.9. The Bertz CT molecular complexity index is 409. The van der Waals surface area contributed by atoms with Gasteiger partial charge in [0.1, 0.15) is 0 Å². The molecule has 0 bridgehead atoms. The predicted molar refractivity (Wildman–Crippen MR) is 75.7 cm³/mol. The van der Waals surface area contributed by atoms with Crippen LogP contribution in [0.15, 0.2) is 18.2 Å². The first kappa shape index (κ1) is 14.8. The number of hydrazine groups is 1. The van der Waals surface area contributed by atoms with Crippen LogP contribution in [0.4, 0.5) is 5.69 Å². The Hall–Kier alpha value is -1.26. The molecule has 0 heterocycles. The summed E-state index contributed by atoms with van der Waals surface area (Å²) in [4.78, 5) is 14.2. The van der Waals surface area contributed by atoms with E-state index in [4.69, 9.17) is 17.4 Å². The first-order chi connectivity index (χ1) is 8.63. The molecule has 0 spiro atoms. The standard InChI is InChI=1S/C13H20ClN3O/c1-3-5-8-17(4-2)13(18)11-9-10(14)6-7-12(11)16-15/h6-7,9,16H,3-5,8,15H2,1-2H3.